The van der Waals surface area contributed by atoms with Gasteiger partial charge in [0.05, 0.1) is 25.4 Å². The number of aliphatic hydroxyl groups is 1. The zero-order chi connectivity index (χ0) is 17.1. The Morgan fingerprint density at radius 3 is 2.38 bits per heavy atom. The molecular formula is C21H25ClN2O2. The van der Waals surface area contributed by atoms with Crippen molar-refractivity contribution in [1.29, 1.82) is 0 Å². The first-order chi connectivity index (χ1) is 12.3. The van der Waals surface area contributed by atoms with Crippen molar-refractivity contribution < 1.29 is 9.84 Å². The van der Waals surface area contributed by atoms with E-state index in [-0.39, 0.29) is 18.4 Å². The molecule has 1 N–H and O–H groups in total. The number of para-hydroxylation sites is 1. The summed E-state index contributed by atoms with van der Waals surface area (Å²) < 4.78 is 7.63. The minimum Gasteiger partial charge on any atom is -0.389 e. The SMILES string of the molecule is Cl.OC(CN1CCOCC1)C(c1ccccc1)n1ccc2ccccc21. The van der Waals surface area contributed by atoms with Crippen LogP contribution in [0.25, 0.3) is 10.9 Å². The third kappa shape index (κ3) is 3.94. The fraction of sp³-hybridized carbons (Fsp3) is 0.333. The van der Waals surface area contributed by atoms with Gasteiger partial charge in [-0.1, -0.05) is 48.5 Å². The number of halogens is 1. The maximum Gasteiger partial charge on any atom is 0.0915 e. The van der Waals surface area contributed by atoms with Crippen LogP contribution in [0.3, 0.4) is 0 Å². The van der Waals surface area contributed by atoms with Crippen LogP contribution in [0.2, 0.25) is 0 Å². The molecule has 0 bridgehead atoms. The lowest BCUT2D eigenvalue weighted by Gasteiger charge is -2.33. The quantitative estimate of drug-likeness (QED) is 0.746. The highest BCUT2D eigenvalue weighted by Gasteiger charge is 2.26. The van der Waals surface area contributed by atoms with Gasteiger partial charge in [-0.3, -0.25) is 4.90 Å². The van der Waals surface area contributed by atoms with Crippen molar-refractivity contribution in [3.63, 3.8) is 0 Å². The number of hydrogen-bond donors (Lipinski definition) is 1. The molecule has 0 spiro atoms. The molecule has 138 valence electrons. The monoisotopic (exact) mass is 372 g/mol. The lowest BCUT2D eigenvalue weighted by atomic mass is 10.00. The van der Waals surface area contributed by atoms with Crippen molar-refractivity contribution >= 4 is 23.3 Å². The topological polar surface area (TPSA) is 37.6 Å². The largest absolute Gasteiger partial charge is 0.389 e. The zero-order valence-corrected chi connectivity index (χ0v) is 15.5. The van der Waals surface area contributed by atoms with E-state index in [0.717, 1.165) is 37.4 Å². The van der Waals surface area contributed by atoms with Crippen LogP contribution in [0.15, 0.2) is 66.9 Å². The highest BCUT2D eigenvalue weighted by molar-refractivity contribution is 5.85. The van der Waals surface area contributed by atoms with Crippen LogP contribution in [0.4, 0.5) is 0 Å². The van der Waals surface area contributed by atoms with Gasteiger partial charge in [0, 0.05) is 31.3 Å². The van der Waals surface area contributed by atoms with E-state index in [0.29, 0.717) is 6.54 Å². The molecule has 0 saturated carbocycles. The summed E-state index contributed by atoms with van der Waals surface area (Å²) in [5, 5.41) is 12.3. The number of ether oxygens (including phenoxy) is 1. The molecule has 2 atom stereocenters. The fourth-order valence-corrected chi connectivity index (χ4v) is 3.71. The van der Waals surface area contributed by atoms with Crippen LogP contribution in [0, 0.1) is 0 Å². The van der Waals surface area contributed by atoms with Gasteiger partial charge >= 0.3 is 0 Å². The molecule has 0 aliphatic carbocycles. The van der Waals surface area contributed by atoms with Gasteiger partial charge in [-0.15, -0.1) is 12.4 Å². The van der Waals surface area contributed by atoms with Gasteiger partial charge in [0.15, 0.2) is 0 Å². The van der Waals surface area contributed by atoms with Crippen molar-refractivity contribution in [3.8, 4) is 0 Å². The molecule has 4 rings (SSSR count). The molecule has 5 heteroatoms. The van der Waals surface area contributed by atoms with E-state index in [4.69, 9.17) is 4.74 Å². The molecule has 2 aromatic carbocycles. The number of fused-ring (bicyclic) bond motifs is 1. The van der Waals surface area contributed by atoms with E-state index in [9.17, 15) is 5.11 Å². The van der Waals surface area contributed by atoms with Gasteiger partial charge in [0.2, 0.25) is 0 Å². The van der Waals surface area contributed by atoms with Gasteiger partial charge in [0.25, 0.3) is 0 Å². The second-order valence-electron chi connectivity index (χ2n) is 6.62. The Morgan fingerprint density at radius 1 is 0.923 bits per heavy atom. The molecule has 1 aromatic heterocycles. The Balaban J connectivity index is 0.00000196. The highest BCUT2D eigenvalue weighted by Crippen LogP contribution is 2.28. The van der Waals surface area contributed by atoms with Crippen molar-refractivity contribution in [1.82, 2.24) is 9.47 Å². The number of aliphatic hydroxyl groups excluding tert-OH is 1. The third-order valence-electron chi connectivity index (χ3n) is 4.98. The normalized spacial score (nSPS) is 17.6. The molecular weight excluding hydrogens is 348 g/mol. The van der Waals surface area contributed by atoms with Gasteiger partial charge in [-0.25, -0.2) is 0 Å². The molecule has 1 aliphatic rings. The molecule has 2 heterocycles. The summed E-state index contributed by atoms with van der Waals surface area (Å²) >= 11 is 0. The fourth-order valence-electron chi connectivity index (χ4n) is 3.71. The van der Waals surface area contributed by atoms with Crippen LogP contribution in [-0.4, -0.2) is 53.5 Å². The Morgan fingerprint density at radius 2 is 1.62 bits per heavy atom. The van der Waals surface area contributed by atoms with Crippen LogP contribution < -0.4 is 0 Å². The molecule has 26 heavy (non-hydrogen) atoms. The summed E-state index contributed by atoms with van der Waals surface area (Å²) in [6.07, 6.45) is 1.60. The second kappa shape index (κ2) is 8.69. The van der Waals surface area contributed by atoms with Crippen molar-refractivity contribution in [2.45, 2.75) is 12.1 Å². The van der Waals surface area contributed by atoms with E-state index in [2.05, 4.69) is 52.1 Å². The molecule has 1 aliphatic heterocycles. The zero-order valence-electron chi connectivity index (χ0n) is 14.7. The molecule has 2 unspecified atom stereocenters. The van der Waals surface area contributed by atoms with Crippen molar-refractivity contribution in [2.24, 2.45) is 0 Å². The van der Waals surface area contributed by atoms with Gasteiger partial charge < -0.3 is 14.4 Å². The molecule has 3 aromatic rings. The van der Waals surface area contributed by atoms with Crippen molar-refractivity contribution in [2.75, 3.05) is 32.8 Å². The standard InChI is InChI=1S/C21H24N2O2.ClH/c24-20(16-22-12-14-25-15-13-22)21(18-7-2-1-3-8-18)23-11-10-17-6-4-5-9-19(17)23;/h1-11,20-21,24H,12-16H2;1H. The maximum atomic E-state index is 11.1. The Kier molecular flexibility index (Phi) is 6.33. The summed E-state index contributed by atoms with van der Waals surface area (Å²) in [6.45, 7) is 3.90. The number of β-amino-alcohol motifs (C(OH)–C–C–N with tert-alkyl or cyclic N) is 1. The van der Waals surface area contributed by atoms with Crippen LogP contribution in [-0.2, 0) is 4.74 Å². The van der Waals surface area contributed by atoms with E-state index in [1.165, 1.54) is 5.39 Å². The number of benzene rings is 2. The maximum absolute atomic E-state index is 11.1. The number of morpholine rings is 1. The minimum atomic E-state index is -0.490. The van der Waals surface area contributed by atoms with Crippen molar-refractivity contribution in [3.05, 3.63) is 72.4 Å². The minimum absolute atomic E-state index is 0. The lowest BCUT2D eigenvalue weighted by Crippen LogP contribution is -2.43. The average Bonchev–Trinajstić information content (AvgIpc) is 3.08. The average molecular weight is 373 g/mol. The third-order valence-corrected chi connectivity index (χ3v) is 4.98. The first kappa shape index (κ1) is 18.9. The molecule has 0 amide bonds. The Bertz CT molecular complexity index is 815. The Hall–Kier alpha value is -1.85. The number of rotatable bonds is 5. The second-order valence-corrected chi connectivity index (χ2v) is 6.62. The predicted molar refractivity (Wildman–Crippen MR) is 107 cm³/mol. The summed E-state index contributed by atoms with van der Waals surface area (Å²) in [5.41, 5.74) is 2.28. The predicted octanol–water partition coefficient (Wildman–Crippen LogP) is 3.35. The summed E-state index contributed by atoms with van der Waals surface area (Å²) in [6, 6.07) is 20.6. The number of aromatic nitrogens is 1. The lowest BCUT2D eigenvalue weighted by molar-refractivity contribution is 0.00702. The van der Waals surface area contributed by atoms with E-state index in [1.807, 2.05) is 24.3 Å². The van der Waals surface area contributed by atoms with Crippen LogP contribution in [0.5, 0.6) is 0 Å². The molecule has 1 fully saturated rings. The number of nitrogens with zero attached hydrogens (tertiary/aromatic N) is 2. The number of hydrogen-bond acceptors (Lipinski definition) is 3. The van der Waals surface area contributed by atoms with E-state index < -0.39 is 6.10 Å². The van der Waals surface area contributed by atoms with Gasteiger partial charge in [-0.2, -0.15) is 0 Å². The molecule has 4 nitrogen and oxygen atoms in total. The Labute approximate surface area is 160 Å². The van der Waals surface area contributed by atoms with Crippen LogP contribution in [0.1, 0.15) is 11.6 Å². The van der Waals surface area contributed by atoms with E-state index >= 15 is 0 Å². The summed E-state index contributed by atoms with van der Waals surface area (Å²) in [7, 11) is 0. The van der Waals surface area contributed by atoms with Crippen LogP contribution >= 0.6 is 12.4 Å². The molecule has 0 radical (unpaired) electrons. The summed E-state index contributed by atoms with van der Waals surface area (Å²) in [5.74, 6) is 0. The first-order valence-corrected chi connectivity index (χ1v) is 8.91. The summed E-state index contributed by atoms with van der Waals surface area (Å²) in [4.78, 5) is 2.29. The highest BCUT2D eigenvalue weighted by atomic mass is 35.5. The molecule has 1 saturated heterocycles. The van der Waals surface area contributed by atoms with E-state index in [1.54, 1.807) is 0 Å². The van der Waals surface area contributed by atoms with Gasteiger partial charge in [-0.05, 0) is 23.1 Å². The first-order valence-electron chi connectivity index (χ1n) is 8.91. The smallest absolute Gasteiger partial charge is 0.0915 e. The van der Waals surface area contributed by atoms with Gasteiger partial charge in [0.1, 0.15) is 0 Å².